The van der Waals surface area contributed by atoms with Crippen molar-refractivity contribution in [1.82, 2.24) is 20.9 Å². The number of nitrogens with zero attached hydrogens (tertiary/aromatic N) is 1. The first kappa shape index (κ1) is 34.2. The number of nitrogens with two attached hydrogens (primary N) is 1. The van der Waals surface area contributed by atoms with Gasteiger partial charge in [-0.2, -0.15) is 0 Å². The number of hydrogen-bond donors (Lipinski definition) is 4. The van der Waals surface area contributed by atoms with E-state index in [-0.39, 0.29) is 36.6 Å². The first-order chi connectivity index (χ1) is 23.5. The van der Waals surface area contributed by atoms with Crippen LogP contribution in [0.5, 0.6) is 0 Å². The summed E-state index contributed by atoms with van der Waals surface area (Å²) in [5, 5.41) is 8.97. The molecule has 49 heavy (non-hydrogen) atoms. The van der Waals surface area contributed by atoms with Crippen LogP contribution in [0.1, 0.15) is 69.2 Å². The Hall–Kier alpha value is -4.70. The Morgan fingerprint density at radius 3 is 2.08 bits per heavy atom. The number of hydrogen-bond acceptors (Lipinski definition) is 6. The smallest absolute Gasteiger partial charge is 0.408 e. The lowest BCUT2D eigenvalue weighted by molar-refractivity contribution is -0.145. The minimum atomic E-state index is -1.01. The second-order valence-corrected chi connectivity index (χ2v) is 14.6. The van der Waals surface area contributed by atoms with Gasteiger partial charge < -0.3 is 31.3 Å². The molecule has 10 nitrogen and oxygen atoms in total. The second-order valence-electron chi connectivity index (χ2n) is 14.6. The molecule has 0 aromatic heterocycles. The maximum atomic E-state index is 14.7. The molecule has 5 N–H and O–H groups in total. The molecule has 0 bridgehead atoms. The van der Waals surface area contributed by atoms with E-state index in [1.54, 1.807) is 25.7 Å². The normalized spacial score (nSPS) is 25.0. The Bertz CT molecular complexity index is 1610. The summed E-state index contributed by atoms with van der Waals surface area (Å²) in [6.45, 7) is 5.45. The number of alkyl carbamates (subject to hydrolysis) is 1. The lowest BCUT2D eigenvalue weighted by atomic mass is 9.92. The highest BCUT2D eigenvalue weighted by atomic mass is 16.6. The average molecular weight is 666 g/mol. The Labute approximate surface area is 288 Å². The predicted octanol–water partition coefficient (Wildman–Crippen LogP) is 4.24. The lowest BCUT2D eigenvalue weighted by Gasteiger charge is -2.35. The maximum absolute atomic E-state index is 14.7. The van der Waals surface area contributed by atoms with E-state index < -0.39 is 47.3 Å². The molecule has 0 radical (unpaired) electrons. The maximum Gasteiger partial charge on any atom is 0.408 e. The number of nitrogens with one attached hydrogen (secondary N) is 3. The molecule has 3 aromatic rings. The van der Waals surface area contributed by atoms with Crippen molar-refractivity contribution in [2.24, 2.45) is 17.6 Å². The van der Waals surface area contributed by atoms with Crippen LogP contribution < -0.4 is 21.7 Å². The van der Waals surface area contributed by atoms with Gasteiger partial charge in [0.25, 0.3) is 0 Å². The monoisotopic (exact) mass is 665 g/mol. The van der Waals surface area contributed by atoms with E-state index in [0.717, 1.165) is 29.5 Å². The molecule has 2 aliphatic heterocycles. The average Bonchev–Trinajstić information content (AvgIpc) is 3.66. The fourth-order valence-corrected chi connectivity index (χ4v) is 7.76. The van der Waals surface area contributed by atoms with Gasteiger partial charge in [0, 0.05) is 17.9 Å². The van der Waals surface area contributed by atoms with Gasteiger partial charge in [0.1, 0.15) is 23.7 Å². The van der Waals surface area contributed by atoms with Crippen molar-refractivity contribution in [3.8, 4) is 0 Å². The fraction of sp³-hybridized carbons (Fsp3) is 0.436. The highest BCUT2D eigenvalue weighted by Gasteiger charge is 2.68. The van der Waals surface area contributed by atoms with Gasteiger partial charge in [-0.25, -0.2) is 4.79 Å². The number of rotatable bonds is 10. The summed E-state index contributed by atoms with van der Waals surface area (Å²) in [4.78, 5) is 57.5. The molecule has 4 amide bonds. The van der Waals surface area contributed by atoms with E-state index in [4.69, 9.17) is 10.5 Å². The third kappa shape index (κ3) is 7.49. The van der Waals surface area contributed by atoms with Crippen LogP contribution in [-0.4, -0.2) is 64.5 Å². The highest BCUT2D eigenvalue weighted by Crippen LogP contribution is 2.61. The Balaban J connectivity index is 1.25. The minimum absolute atomic E-state index is 0.195. The number of benzene rings is 3. The summed E-state index contributed by atoms with van der Waals surface area (Å²) in [5.41, 5.74) is 7.82. The van der Waals surface area contributed by atoms with E-state index in [1.165, 1.54) is 0 Å². The Morgan fingerprint density at radius 1 is 0.918 bits per heavy atom. The number of ether oxygens (including phenoxy) is 1. The molecule has 10 heteroatoms. The molecule has 1 spiro atoms. The van der Waals surface area contributed by atoms with Crippen molar-refractivity contribution in [1.29, 1.82) is 0 Å². The van der Waals surface area contributed by atoms with E-state index >= 15 is 0 Å². The summed E-state index contributed by atoms with van der Waals surface area (Å²) in [7, 11) is 0. The summed E-state index contributed by atoms with van der Waals surface area (Å²) >= 11 is 0. The van der Waals surface area contributed by atoms with Crippen LogP contribution in [0.4, 0.5) is 4.79 Å². The molecule has 3 fully saturated rings. The largest absolute Gasteiger partial charge is 0.444 e. The van der Waals surface area contributed by atoms with Crippen LogP contribution in [0.25, 0.3) is 0 Å². The number of carbonyl (C=O) groups excluding carboxylic acids is 4. The van der Waals surface area contributed by atoms with Crippen LogP contribution in [0.2, 0.25) is 0 Å². The van der Waals surface area contributed by atoms with Crippen molar-refractivity contribution < 1.29 is 23.9 Å². The van der Waals surface area contributed by atoms with Gasteiger partial charge in [-0.1, -0.05) is 91.0 Å². The van der Waals surface area contributed by atoms with Gasteiger partial charge in [0.05, 0.1) is 6.04 Å². The molecule has 2 unspecified atom stereocenters. The molecule has 6 atom stereocenters. The molecule has 1 saturated carbocycles. The standard InChI is InChI=1S/C39H47N5O5/c1-38(2,3)49-37(48)41-30(21-25-13-7-4-8-14-25)34(45)43-33-28(24-40)22-29-23-39(29)20-19-31(44(39)36(33)47)35(46)42-32(26-15-9-5-10-16-26)27-17-11-6-12-18-27/h4-18,28-33H,19-24,40H2,1-3H3,(H,41,48)(H,42,46)(H,43,45)/t28-,29?,30-,31+,33+,39?/m1/s1. The summed E-state index contributed by atoms with van der Waals surface area (Å²) in [6, 6.07) is 25.9. The third-order valence-electron chi connectivity index (χ3n) is 10.1. The zero-order valence-electron chi connectivity index (χ0n) is 28.4. The quantitative estimate of drug-likeness (QED) is 0.255. The topological polar surface area (TPSA) is 143 Å². The van der Waals surface area contributed by atoms with Gasteiger partial charge in [-0.3, -0.25) is 14.4 Å². The molecule has 1 aliphatic carbocycles. The van der Waals surface area contributed by atoms with Crippen molar-refractivity contribution in [2.45, 2.75) is 88.2 Å². The zero-order chi connectivity index (χ0) is 34.8. The molecule has 2 heterocycles. The van der Waals surface area contributed by atoms with E-state index in [1.807, 2.05) is 91.0 Å². The van der Waals surface area contributed by atoms with Gasteiger partial charge in [0.2, 0.25) is 17.7 Å². The third-order valence-corrected chi connectivity index (χ3v) is 10.1. The van der Waals surface area contributed by atoms with Crippen LogP contribution in [0, 0.1) is 11.8 Å². The van der Waals surface area contributed by atoms with Crippen LogP contribution >= 0.6 is 0 Å². The van der Waals surface area contributed by atoms with Gasteiger partial charge in [0.15, 0.2) is 0 Å². The molecule has 6 rings (SSSR count). The van der Waals surface area contributed by atoms with E-state index in [9.17, 15) is 19.2 Å². The van der Waals surface area contributed by atoms with Gasteiger partial charge in [-0.15, -0.1) is 0 Å². The molecule has 3 aromatic carbocycles. The highest BCUT2D eigenvalue weighted by molar-refractivity contribution is 5.96. The number of amides is 4. The zero-order valence-corrected chi connectivity index (χ0v) is 28.4. The molecular weight excluding hydrogens is 618 g/mol. The lowest BCUT2D eigenvalue weighted by Crippen LogP contribution is -2.60. The Kier molecular flexibility index (Phi) is 9.79. The van der Waals surface area contributed by atoms with Gasteiger partial charge >= 0.3 is 6.09 Å². The molecule has 258 valence electrons. The van der Waals surface area contributed by atoms with Crippen molar-refractivity contribution in [3.05, 3.63) is 108 Å². The van der Waals surface area contributed by atoms with Gasteiger partial charge in [-0.05, 0) is 75.6 Å². The van der Waals surface area contributed by atoms with E-state index in [2.05, 4.69) is 16.0 Å². The second kappa shape index (κ2) is 14.0. The Morgan fingerprint density at radius 2 is 1.51 bits per heavy atom. The van der Waals surface area contributed by atoms with Crippen LogP contribution in [0.15, 0.2) is 91.0 Å². The molecular formula is C39H47N5O5. The molecule has 3 aliphatic rings. The summed E-state index contributed by atoms with van der Waals surface area (Å²) in [6.07, 6.45) is 2.21. The molecule has 2 saturated heterocycles. The minimum Gasteiger partial charge on any atom is -0.444 e. The first-order valence-corrected chi connectivity index (χ1v) is 17.3. The van der Waals surface area contributed by atoms with Crippen molar-refractivity contribution in [2.75, 3.05) is 6.54 Å². The number of carbonyl (C=O) groups is 4. The first-order valence-electron chi connectivity index (χ1n) is 17.3. The summed E-state index contributed by atoms with van der Waals surface area (Å²) in [5.74, 6) is -1.16. The predicted molar refractivity (Wildman–Crippen MR) is 186 cm³/mol. The van der Waals surface area contributed by atoms with Crippen molar-refractivity contribution >= 4 is 23.8 Å². The fourth-order valence-electron chi connectivity index (χ4n) is 7.76. The summed E-state index contributed by atoms with van der Waals surface area (Å²) < 4.78 is 5.47. The van der Waals surface area contributed by atoms with Crippen LogP contribution in [-0.2, 0) is 25.5 Å². The SMILES string of the molecule is CC(C)(C)OC(=O)N[C@H](Cc1ccccc1)C(=O)N[C@@H]1C(=O)N2[C@H](C(=O)NC(c3ccccc3)c3ccccc3)CCC23CC3C[C@@H]1CN. The van der Waals surface area contributed by atoms with E-state index in [0.29, 0.717) is 12.8 Å². The van der Waals surface area contributed by atoms with Crippen molar-refractivity contribution in [3.63, 3.8) is 0 Å². The van der Waals surface area contributed by atoms with Crippen LogP contribution in [0.3, 0.4) is 0 Å².